The largest absolute Gasteiger partial charge is 0.354 e. The second-order valence-electron chi connectivity index (χ2n) is 8.77. The van der Waals surface area contributed by atoms with Crippen LogP contribution in [0.1, 0.15) is 43.2 Å². The highest BCUT2D eigenvalue weighted by Gasteiger charge is 2.35. The van der Waals surface area contributed by atoms with Crippen molar-refractivity contribution in [2.45, 2.75) is 44.2 Å². The van der Waals surface area contributed by atoms with Crippen molar-refractivity contribution in [3.05, 3.63) is 58.7 Å². The number of likely N-dealkylation sites (N-methyl/N-ethyl adjacent to an activating group) is 1. The minimum Gasteiger partial charge on any atom is -0.354 e. The molecule has 2 N–H and O–H groups in total. The highest BCUT2D eigenvalue weighted by atomic mass is 35.5. The van der Waals surface area contributed by atoms with E-state index in [1.807, 2.05) is 30.5 Å². The second-order valence-corrected chi connectivity index (χ2v) is 9.21. The van der Waals surface area contributed by atoms with Crippen molar-refractivity contribution in [2.24, 2.45) is 0 Å². The summed E-state index contributed by atoms with van der Waals surface area (Å²) in [7, 11) is 2.15. The van der Waals surface area contributed by atoms with Gasteiger partial charge in [-0.2, -0.15) is 0 Å². The van der Waals surface area contributed by atoms with Crippen molar-refractivity contribution in [1.82, 2.24) is 20.5 Å². The molecule has 2 heterocycles. The molecule has 0 spiro atoms. The molecule has 1 saturated carbocycles. The summed E-state index contributed by atoms with van der Waals surface area (Å²) in [6.45, 7) is 4.56. The summed E-state index contributed by atoms with van der Waals surface area (Å²) in [5, 5.41) is 7.01. The molecular formula is C24H32ClN5O. The Labute approximate surface area is 190 Å². The molecule has 0 atom stereocenters. The minimum absolute atomic E-state index is 0.139. The minimum atomic E-state index is -0.323. The number of piperazine rings is 1. The lowest BCUT2D eigenvalue weighted by Crippen LogP contribution is -2.50. The molecular weight excluding hydrogens is 410 g/mol. The van der Waals surface area contributed by atoms with E-state index < -0.39 is 0 Å². The van der Waals surface area contributed by atoms with Gasteiger partial charge in [-0.25, -0.2) is 9.78 Å². The fourth-order valence-corrected chi connectivity index (χ4v) is 4.72. The number of carbonyl (C=O) groups excluding carboxylic acids is 1. The molecule has 0 unspecified atom stereocenters. The lowest BCUT2D eigenvalue weighted by Gasteiger charge is -2.38. The maximum absolute atomic E-state index is 12.8. The van der Waals surface area contributed by atoms with Crippen molar-refractivity contribution in [3.8, 4) is 0 Å². The van der Waals surface area contributed by atoms with Crippen molar-refractivity contribution in [1.29, 1.82) is 0 Å². The Hall–Kier alpha value is -2.31. The summed E-state index contributed by atoms with van der Waals surface area (Å²) in [6.07, 6.45) is 7.20. The van der Waals surface area contributed by atoms with Crippen LogP contribution in [-0.4, -0.2) is 49.1 Å². The highest BCUT2D eigenvalue weighted by molar-refractivity contribution is 6.30. The van der Waals surface area contributed by atoms with E-state index in [4.69, 9.17) is 11.6 Å². The van der Waals surface area contributed by atoms with Crippen molar-refractivity contribution in [2.75, 3.05) is 38.1 Å². The van der Waals surface area contributed by atoms with E-state index in [1.54, 1.807) is 0 Å². The Bertz CT molecular complexity index is 857. The Morgan fingerprint density at radius 3 is 2.39 bits per heavy atom. The van der Waals surface area contributed by atoms with E-state index in [0.717, 1.165) is 68.8 Å². The molecule has 0 radical (unpaired) electrons. The van der Waals surface area contributed by atoms with Crippen molar-refractivity contribution >= 4 is 23.4 Å². The number of anilines is 1. The van der Waals surface area contributed by atoms with Crippen LogP contribution in [0.15, 0.2) is 42.6 Å². The predicted molar refractivity (Wildman–Crippen MR) is 126 cm³/mol. The lowest BCUT2D eigenvalue weighted by molar-refractivity contribution is 0.202. The molecule has 2 amide bonds. The maximum Gasteiger partial charge on any atom is 0.315 e. The summed E-state index contributed by atoms with van der Waals surface area (Å²) < 4.78 is 0. The Morgan fingerprint density at radius 2 is 1.74 bits per heavy atom. The predicted octanol–water partition coefficient (Wildman–Crippen LogP) is 4.15. The lowest BCUT2D eigenvalue weighted by atomic mass is 9.76. The topological polar surface area (TPSA) is 60.5 Å². The summed E-state index contributed by atoms with van der Waals surface area (Å²) in [5.74, 6) is 1.00. The Balaban J connectivity index is 1.34. The third-order valence-electron chi connectivity index (χ3n) is 6.55. The van der Waals surface area contributed by atoms with Crippen LogP contribution in [0, 0.1) is 0 Å². The van der Waals surface area contributed by atoms with Gasteiger partial charge in [0.2, 0.25) is 0 Å². The molecule has 0 bridgehead atoms. The highest BCUT2D eigenvalue weighted by Crippen LogP contribution is 2.37. The van der Waals surface area contributed by atoms with E-state index in [2.05, 4.69) is 44.6 Å². The van der Waals surface area contributed by atoms with Gasteiger partial charge in [-0.05, 0) is 49.2 Å². The van der Waals surface area contributed by atoms with Gasteiger partial charge in [0.05, 0.1) is 5.54 Å². The third-order valence-corrected chi connectivity index (χ3v) is 6.80. The number of urea groups is 1. The first-order valence-electron chi connectivity index (χ1n) is 11.2. The second kappa shape index (κ2) is 9.88. The van der Waals surface area contributed by atoms with Crippen LogP contribution in [0.25, 0.3) is 0 Å². The quantitative estimate of drug-likeness (QED) is 0.731. The number of rotatable bonds is 5. The monoisotopic (exact) mass is 441 g/mol. The number of nitrogens with one attached hydrogen (secondary N) is 2. The van der Waals surface area contributed by atoms with Crippen molar-refractivity contribution in [3.63, 3.8) is 0 Å². The molecule has 6 nitrogen and oxygen atoms in total. The van der Waals surface area contributed by atoms with Crippen LogP contribution in [0.4, 0.5) is 10.6 Å². The number of carbonyl (C=O) groups is 1. The molecule has 1 aromatic carbocycles. The van der Waals surface area contributed by atoms with E-state index >= 15 is 0 Å². The summed E-state index contributed by atoms with van der Waals surface area (Å²) >= 11 is 6.08. The van der Waals surface area contributed by atoms with Crippen LogP contribution in [0.2, 0.25) is 5.02 Å². The first-order chi connectivity index (χ1) is 15.0. The van der Waals surface area contributed by atoms with Gasteiger partial charge < -0.3 is 20.4 Å². The van der Waals surface area contributed by atoms with Gasteiger partial charge in [-0.15, -0.1) is 0 Å². The fourth-order valence-electron chi connectivity index (χ4n) is 4.60. The molecule has 1 saturated heterocycles. The van der Waals surface area contributed by atoms with Crippen LogP contribution in [0.3, 0.4) is 0 Å². The standard InChI is InChI=1S/C24H32ClN5O/c1-29-13-15-30(16-14-29)22-10-5-19(17-26-22)18-27-23(31)28-24(11-3-2-4-12-24)20-6-8-21(25)9-7-20/h5-10,17H,2-4,11-16,18H2,1H3,(H2,27,28,31). The molecule has 1 aliphatic carbocycles. The van der Waals surface area contributed by atoms with E-state index in [9.17, 15) is 4.79 Å². The van der Waals surface area contributed by atoms with Crippen LogP contribution < -0.4 is 15.5 Å². The number of benzene rings is 1. The molecule has 31 heavy (non-hydrogen) atoms. The Morgan fingerprint density at radius 1 is 1.03 bits per heavy atom. The number of hydrogen-bond donors (Lipinski definition) is 2. The van der Waals surface area contributed by atoms with Crippen LogP contribution in [0.5, 0.6) is 0 Å². The first-order valence-corrected chi connectivity index (χ1v) is 11.6. The molecule has 4 rings (SSSR count). The Kier molecular flexibility index (Phi) is 6.98. The average Bonchev–Trinajstić information content (AvgIpc) is 2.80. The molecule has 1 aliphatic heterocycles. The normalized spacial score (nSPS) is 19.1. The van der Waals surface area contributed by atoms with Crippen molar-refractivity contribution < 1.29 is 4.79 Å². The van der Waals surface area contributed by atoms with Gasteiger partial charge in [0.15, 0.2) is 0 Å². The number of pyridine rings is 1. The molecule has 2 fully saturated rings. The third kappa shape index (κ3) is 5.49. The molecule has 2 aromatic rings. The van der Waals surface area contributed by atoms with Gasteiger partial charge in [-0.3, -0.25) is 0 Å². The number of hydrogen-bond acceptors (Lipinski definition) is 4. The zero-order valence-electron chi connectivity index (χ0n) is 18.2. The molecule has 1 aromatic heterocycles. The summed E-state index contributed by atoms with van der Waals surface area (Å²) in [4.78, 5) is 22.0. The number of amides is 2. The number of halogens is 1. The van der Waals surface area contributed by atoms with E-state index in [-0.39, 0.29) is 11.6 Å². The van der Waals surface area contributed by atoms with Crippen LogP contribution in [-0.2, 0) is 12.1 Å². The van der Waals surface area contributed by atoms with Gasteiger partial charge in [0.25, 0.3) is 0 Å². The van der Waals surface area contributed by atoms with E-state index in [0.29, 0.717) is 11.6 Å². The first kappa shape index (κ1) is 21.9. The zero-order valence-corrected chi connectivity index (χ0v) is 19.0. The summed E-state index contributed by atoms with van der Waals surface area (Å²) in [6, 6.07) is 11.8. The van der Waals surface area contributed by atoms with Gasteiger partial charge in [-0.1, -0.05) is 49.1 Å². The summed E-state index contributed by atoms with van der Waals surface area (Å²) in [5.41, 5.74) is 1.80. The van der Waals surface area contributed by atoms with Gasteiger partial charge in [0.1, 0.15) is 5.82 Å². The average molecular weight is 442 g/mol. The molecule has 7 heteroatoms. The smallest absolute Gasteiger partial charge is 0.315 e. The molecule has 2 aliphatic rings. The SMILES string of the molecule is CN1CCN(c2ccc(CNC(=O)NC3(c4ccc(Cl)cc4)CCCCC3)cn2)CC1. The number of nitrogens with zero attached hydrogens (tertiary/aromatic N) is 3. The van der Waals surface area contributed by atoms with Gasteiger partial charge >= 0.3 is 6.03 Å². The zero-order chi connectivity index (χ0) is 21.7. The number of aromatic nitrogens is 1. The molecule has 166 valence electrons. The van der Waals surface area contributed by atoms with Crippen LogP contribution >= 0.6 is 11.6 Å². The maximum atomic E-state index is 12.8. The fraction of sp³-hybridized carbons (Fsp3) is 0.500. The van der Waals surface area contributed by atoms with E-state index in [1.165, 1.54) is 6.42 Å². The van der Waals surface area contributed by atoms with Gasteiger partial charge in [0, 0.05) is 43.9 Å².